The van der Waals surface area contributed by atoms with Crippen LogP contribution < -0.4 is 10.1 Å². The summed E-state index contributed by atoms with van der Waals surface area (Å²) in [6, 6.07) is 6.36. The highest BCUT2D eigenvalue weighted by Crippen LogP contribution is 2.28. The number of ether oxygens (including phenoxy) is 1. The first-order chi connectivity index (χ1) is 11.0. The van der Waals surface area contributed by atoms with Crippen LogP contribution in [0.1, 0.15) is 23.7 Å². The Kier molecular flexibility index (Phi) is 5.19. The van der Waals surface area contributed by atoms with E-state index in [0.717, 1.165) is 18.3 Å². The second-order valence-electron chi connectivity index (χ2n) is 4.60. The summed E-state index contributed by atoms with van der Waals surface area (Å²) in [5, 5.41) is 13.5. The Morgan fingerprint density at radius 2 is 2.17 bits per heavy atom. The number of nitrogens with one attached hydrogen (secondary N) is 1. The van der Waals surface area contributed by atoms with Gasteiger partial charge >= 0.3 is 5.69 Å². The zero-order valence-electron chi connectivity index (χ0n) is 12.3. The third-order valence-corrected chi connectivity index (χ3v) is 2.85. The molecule has 0 saturated carbocycles. The number of nitrogens with zero attached hydrogens (tertiary/aromatic N) is 2. The molecule has 1 aromatic heterocycles. The molecule has 0 atom stereocenters. The summed E-state index contributed by atoms with van der Waals surface area (Å²) < 4.78 is 18.1. The summed E-state index contributed by atoms with van der Waals surface area (Å²) in [5.41, 5.74) is -0.218. The van der Waals surface area contributed by atoms with E-state index in [1.165, 1.54) is 18.2 Å². The third kappa shape index (κ3) is 4.22. The number of carbonyl (C=O) groups is 1. The molecule has 7 nitrogen and oxygen atoms in total. The SMILES string of the molecule is CCCOc1ccc(C(=O)Nc2ccc(F)cn2)cc1[N+](=O)[O-]. The highest BCUT2D eigenvalue weighted by atomic mass is 19.1. The zero-order chi connectivity index (χ0) is 16.8. The Balaban J connectivity index is 2.21. The molecule has 0 aliphatic heterocycles. The van der Waals surface area contributed by atoms with E-state index in [4.69, 9.17) is 4.74 Å². The fourth-order valence-electron chi connectivity index (χ4n) is 1.77. The Bertz CT molecular complexity index is 719. The van der Waals surface area contributed by atoms with Crippen molar-refractivity contribution in [2.45, 2.75) is 13.3 Å². The van der Waals surface area contributed by atoms with Crippen molar-refractivity contribution in [1.29, 1.82) is 0 Å². The number of carbonyl (C=O) groups excluding carboxylic acids is 1. The average molecular weight is 319 g/mol. The second kappa shape index (κ2) is 7.30. The fraction of sp³-hybridized carbons (Fsp3) is 0.200. The Morgan fingerprint density at radius 3 is 2.78 bits per heavy atom. The number of nitro groups is 1. The summed E-state index contributed by atoms with van der Waals surface area (Å²) in [6.45, 7) is 2.22. The van der Waals surface area contributed by atoms with Crippen molar-refractivity contribution in [2.75, 3.05) is 11.9 Å². The summed E-state index contributed by atoms with van der Waals surface area (Å²) in [7, 11) is 0. The number of aromatic nitrogens is 1. The van der Waals surface area contributed by atoms with E-state index < -0.39 is 16.6 Å². The molecule has 1 aromatic carbocycles. The topological polar surface area (TPSA) is 94.4 Å². The van der Waals surface area contributed by atoms with E-state index >= 15 is 0 Å². The third-order valence-electron chi connectivity index (χ3n) is 2.85. The van der Waals surface area contributed by atoms with Crippen molar-refractivity contribution in [3.63, 3.8) is 0 Å². The van der Waals surface area contributed by atoms with Gasteiger partial charge in [-0.3, -0.25) is 14.9 Å². The molecule has 0 aliphatic rings. The van der Waals surface area contributed by atoms with E-state index in [9.17, 15) is 19.3 Å². The number of pyridine rings is 1. The van der Waals surface area contributed by atoms with Gasteiger partial charge in [-0.05, 0) is 30.7 Å². The Morgan fingerprint density at radius 1 is 1.39 bits per heavy atom. The monoisotopic (exact) mass is 319 g/mol. The molecule has 0 radical (unpaired) electrons. The highest BCUT2D eigenvalue weighted by Gasteiger charge is 2.19. The lowest BCUT2D eigenvalue weighted by molar-refractivity contribution is -0.385. The molecule has 0 spiro atoms. The van der Waals surface area contributed by atoms with Gasteiger partial charge in [0.15, 0.2) is 5.75 Å². The van der Waals surface area contributed by atoms with Gasteiger partial charge in [-0.15, -0.1) is 0 Å². The lowest BCUT2D eigenvalue weighted by Gasteiger charge is -2.08. The van der Waals surface area contributed by atoms with Gasteiger partial charge in [0.2, 0.25) is 0 Å². The van der Waals surface area contributed by atoms with Crippen LogP contribution in [0.4, 0.5) is 15.9 Å². The molecule has 0 fully saturated rings. The molecule has 2 aromatic rings. The van der Waals surface area contributed by atoms with Crippen molar-refractivity contribution in [3.8, 4) is 5.75 Å². The smallest absolute Gasteiger partial charge is 0.311 e. The quantitative estimate of drug-likeness (QED) is 0.652. The van der Waals surface area contributed by atoms with Crippen LogP contribution in [-0.2, 0) is 0 Å². The summed E-state index contributed by atoms with van der Waals surface area (Å²) in [6.07, 6.45) is 1.66. The van der Waals surface area contributed by atoms with Gasteiger partial charge in [0.25, 0.3) is 5.91 Å². The normalized spacial score (nSPS) is 10.2. The number of nitro benzene ring substituents is 1. The van der Waals surface area contributed by atoms with Gasteiger partial charge in [0.1, 0.15) is 11.6 Å². The second-order valence-corrected chi connectivity index (χ2v) is 4.60. The van der Waals surface area contributed by atoms with E-state index in [-0.39, 0.29) is 22.8 Å². The molecule has 23 heavy (non-hydrogen) atoms. The largest absolute Gasteiger partial charge is 0.487 e. The molecule has 1 amide bonds. The maximum absolute atomic E-state index is 12.8. The first kappa shape index (κ1) is 16.3. The predicted molar refractivity (Wildman–Crippen MR) is 81.0 cm³/mol. The number of hydrogen-bond donors (Lipinski definition) is 1. The average Bonchev–Trinajstić information content (AvgIpc) is 2.54. The minimum Gasteiger partial charge on any atom is -0.487 e. The maximum atomic E-state index is 12.8. The van der Waals surface area contributed by atoms with Gasteiger partial charge in [-0.1, -0.05) is 6.92 Å². The van der Waals surface area contributed by atoms with Crippen LogP contribution in [0, 0.1) is 15.9 Å². The summed E-state index contributed by atoms with van der Waals surface area (Å²) in [4.78, 5) is 26.3. The molecule has 1 N–H and O–H groups in total. The van der Waals surface area contributed by atoms with Gasteiger partial charge < -0.3 is 10.1 Å². The Labute approximate surface area is 131 Å². The molecule has 0 bridgehead atoms. The van der Waals surface area contributed by atoms with Crippen LogP contribution in [0.3, 0.4) is 0 Å². The number of hydrogen-bond acceptors (Lipinski definition) is 5. The van der Waals surface area contributed by atoms with Crippen molar-refractivity contribution in [2.24, 2.45) is 0 Å². The summed E-state index contributed by atoms with van der Waals surface area (Å²) >= 11 is 0. The van der Waals surface area contributed by atoms with Gasteiger partial charge in [-0.2, -0.15) is 0 Å². The molecule has 0 unspecified atom stereocenters. The molecule has 0 saturated heterocycles. The molecular weight excluding hydrogens is 305 g/mol. The standard InChI is InChI=1S/C15H14FN3O4/c1-2-7-23-13-5-3-10(8-12(13)19(21)22)15(20)18-14-6-4-11(16)9-17-14/h3-6,8-9H,2,7H2,1H3,(H,17,18,20). The number of rotatable bonds is 6. The molecule has 8 heteroatoms. The minimum absolute atomic E-state index is 0.0756. The van der Waals surface area contributed by atoms with Gasteiger partial charge in [0, 0.05) is 11.6 Å². The number of anilines is 1. The molecule has 1 heterocycles. The van der Waals surface area contributed by atoms with E-state index in [1.807, 2.05) is 6.92 Å². The van der Waals surface area contributed by atoms with Gasteiger partial charge in [-0.25, -0.2) is 9.37 Å². The first-order valence-corrected chi connectivity index (χ1v) is 6.85. The maximum Gasteiger partial charge on any atom is 0.311 e. The van der Waals surface area contributed by atoms with Gasteiger partial charge in [0.05, 0.1) is 17.7 Å². The van der Waals surface area contributed by atoms with Crippen molar-refractivity contribution in [1.82, 2.24) is 4.98 Å². The lowest BCUT2D eigenvalue weighted by atomic mass is 10.1. The predicted octanol–water partition coefficient (Wildman–Crippen LogP) is 3.17. The van der Waals surface area contributed by atoms with Crippen LogP contribution >= 0.6 is 0 Å². The Hall–Kier alpha value is -3.03. The van der Waals surface area contributed by atoms with Crippen LogP contribution in [0.25, 0.3) is 0 Å². The lowest BCUT2D eigenvalue weighted by Crippen LogP contribution is -2.13. The van der Waals surface area contributed by atoms with E-state index in [2.05, 4.69) is 10.3 Å². The minimum atomic E-state index is -0.613. The molecule has 120 valence electrons. The number of benzene rings is 1. The van der Waals surface area contributed by atoms with Crippen molar-refractivity contribution in [3.05, 3.63) is 58.0 Å². The molecule has 0 aliphatic carbocycles. The van der Waals surface area contributed by atoms with Crippen molar-refractivity contribution < 1.29 is 18.8 Å². The first-order valence-electron chi connectivity index (χ1n) is 6.85. The van der Waals surface area contributed by atoms with E-state index in [1.54, 1.807) is 0 Å². The highest BCUT2D eigenvalue weighted by molar-refractivity contribution is 6.04. The number of halogens is 1. The fourth-order valence-corrected chi connectivity index (χ4v) is 1.77. The van der Waals surface area contributed by atoms with Crippen LogP contribution in [0.2, 0.25) is 0 Å². The molecular formula is C15H14FN3O4. The van der Waals surface area contributed by atoms with Crippen LogP contribution in [0.15, 0.2) is 36.5 Å². The van der Waals surface area contributed by atoms with Crippen molar-refractivity contribution >= 4 is 17.4 Å². The van der Waals surface area contributed by atoms with E-state index in [0.29, 0.717) is 13.0 Å². The number of amides is 1. The summed E-state index contributed by atoms with van der Waals surface area (Å²) in [5.74, 6) is -0.871. The zero-order valence-corrected chi connectivity index (χ0v) is 12.3. The molecule has 2 rings (SSSR count). The van der Waals surface area contributed by atoms with Crippen LogP contribution in [-0.4, -0.2) is 22.4 Å². The van der Waals surface area contributed by atoms with Crippen LogP contribution in [0.5, 0.6) is 5.75 Å².